The number of amides is 1. The normalized spacial score (nSPS) is 14.9. The Morgan fingerprint density at radius 3 is 2.47 bits per heavy atom. The van der Waals surface area contributed by atoms with E-state index in [4.69, 9.17) is 4.42 Å². The van der Waals surface area contributed by atoms with Crippen molar-refractivity contribution < 1.29 is 9.21 Å². The second-order valence-corrected chi connectivity index (χ2v) is 8.57. The Balaban J connectivity index is 1.33. The van der Waals surface area contributed by atoms with Gasteiger partial charge in [-0.2, -0.15) is 0 Å². The van der Waals surface area contributed by atoms with Crippen molar-refractivity contribution in [3.05, 3.63) is 93.3 Å². The van der Waals surface area contributed by atoms with E-state index < -0.39 is 0 Å². The van der Waals surface area contributed by atoms with Crippen LogP contribution in [0.3, 0.4) is 0 Å². The van der Waals surface area contributed by atoms with E-state index in [0.29, 0.717) is 25.2 Å². The fourth-order valence-corrected chi connectivity index (χ4v) is 4.59. The monoisotopic (exact) mass is 426 g/mol. The number of rotatable bonds is 3. The van der Waals surface area contributed by atoms with Crippen molar-refractivity contribution in [1.29, 1.82) is 0 Å². The molecular weight excluding hydrogens is 400 g/mol. The second-order valence-electron chi connectivity index (χ2n) is 8.57. The lowest BCUT2D eigenvalue weighted by atomic mass is 10.0. The SMILES string of the molecule is Cc1ccc2c(CN3CCN(C(=O)c4cccc5ccccc45)CC3)cc(=O)oc2c1C. The van der Waals surface area contributed by atoms with E-state index >= 15 is 0 Å². The molecule has 0 atom stereocenters. The Bertz CT molecular complexity index is 1380. The van der Waals surface area contributed by atoms with Gasteiger partial charge in [-0.05, 0) is 47.4 Å². The van der Waals surface area contributed by atoms with Gasteiger partial charge in [0.05, 0.1) is 0 Å². The molecule has 2 heterocycles. The smallest absolute Gasteiger partial charge is 0.336 e. The molecule has 0 aliphatic carbocycles. The van der Waals surface area contributed by atoms with Crippen molar-refractivity contribution in [2.24, 2.45) is 0 Å². The highest BCUT2D eigenvalue weighted by Crippen LogP contribution is 2.25. The van der Waals surface area contributed by atoms with Gasteiger partial charge >= 0.3 is 5.63 Å². The molecule has 0 saturated carbocycles. The maximum atomic E-state index is 13.2. The lowest BCUT2D eigenvalue weighted by molar-refractivity contribution is 0.0631. The molecule has 162 valence electrons. The third-order valence-electron chi connectivity index (χ3n) is 6.59. The lowest BCUT2D eigenvalue weighted by Gasteiger charge is -2.35. The standard InChI is InChI=1S/C27H26N2O3/c1-18-10-11-23-21(16-25(30)32-26(23)19(18)2)17-28-12-14-29(15-13-28)27(31)24-9-5-7-20-6-3-4-8-22(20)24/h3-11,16H,12-15,17H2,1-2H3. The first-order valence-corrected chi connectivity index (χ1v) is 11.0. The number of carbonyl (C=O) groups is 1. The van der Waals surface area contributed by atoms with Gasteiger partial charge in [0.1, 0.15) is 5.58 Å². The molecular formula is C27H26N2O3. The molecule has 5 rings (SSSR count). The molecule has 5 heteroatoms. The predicted molar refractivity (Wildman–Crippen MR) is 127 cm³/mol. The Morgan fingerprint density at radius 2 is 1.66 bits per heavy atom. The third kappa shape index (κ3) is 3.69. The Kier molecular flexibility index (Phi) is 5.27. The van der Waals surface area contributed by atoms with Crippen molar-refractivity contribution in [3.8, 4) is 0 Å². The maximum absolute atomic E-state index is 13.2. The number of fused-ring (bicyclic) bond motifs is 2. The summed E-state index contributed by atoms with van der Waals surface area (Å²) in [6, 6.07) is 19.6. The van der Waals surface area contributed by atoms with Crippen molar-refractivity contribution in [1.82, 2.24) is 9.80 Å². The Morgan fingerprint density at radius 1 is 0.906 bits per heavy atom. The molecule has 3 aromatic carbocycles. The molecule has 1 amide bonds. The van der Waals surface area contributed by atoms with Crippen LogP contribution in [-0.4, -0.2) is 41.9 Å². The molecule has 5 nitrogen and oxygen atoms in total. The van der Waals surface area contributed by atoms with Crippen LogP contribution in [0.1, 0.15) is 27.0 Å². The minimum Gasteiger partial charge on any atom is -0.422 e. The second kappa shape index (κ2) is 8.24. The number of benzene rings is 3. The van der Waals surface area contributed by atoms with E-state index in [2.05, 4.69) is 11.0 Å². The van der Waals surface area contributed by atoms with E-state index in [1.165, 1.54) is 0 Å². The first-order valence-electron chi connectivity index (χ1n) is 11.0. The fraction of sp³-hybridized carbons (Fsp3) is 0.259. The molecule has 0 spiro atoms. The third-order valence-corrected chi connectivity index (χ3v) is 6.59. The lowest BCUT2D eigenvalue weighted by Crippen LogP contribution is -2.48. The average Bonchev–Trinajstić information content (AvgIpc) is 2.81. The van der Waals surface area contributed by atoms with E-state index in [-0.39, 0.29) is 11.5 Å². The summed E-state index contributed by atoms with van der Waals surface area (Å²) in [4.78, 5) is 29.6. The van der Waals surface area contributed by atoms with Crippen LogP contribution in [0, 0.1) is 13.8 Å². The Labute approximate surface area is 186 Å². The number of hydrogen-bond donors (Lipinski definition) is 0. The highest BCUT2D eigenvalue weighted by molar-refractivity contribution is 6.07. The minimum atomic E-state index is -0.314. The molecule has 1 aliphatic heterocycles. The van der Waals surface area contributed by atoms with Crippen LogP contribution < -0.4 is 5.63 Å². The first kappa shape index (κ1) is 20.5. The number of piperazine rings is 1. The summed E-state index contributed by atoms with van der Waals surface area (Å²) in [5.74, 6) is 0.0818. The largest absolute Gasteiger partial charge is 0.422 e. The van der Waals surface area contributed by atoms with Crippen LogP contribution in [0.15, 0.2) is 69.9 Å². The van der Waals surface area contributed by atoms with Crippen LogP contribution >= 0.6 is 0 Å². The molecule has 1 aliphatic rings. The van der Waals surface area contributed by atoms with Crippen molar-refractivity contribution in [2.75, 3.05) is 26.2 Å². The summed E-state index contributed by atoms with van der Waals surface area (Å²) in [5.41, 5.74) is 4.22. The maximum Gasteiger partial charge on any atom is 0.336 e. The van der Waals surface area contributed by atoms with Crippen molar-refractivity contribution in [2.45, 2.75) is 20.4 Å². The molecule has 4 aromatic rings. The summed E-state index contributed by atoms with van der Waals surface area (Å²) < 4.78 is 5.51. The quantitative estimate of drug-likeness (QED) is 0.452. The van der Waals surface area contributed by atoms with E-state index in [1.807, 2.05) is 67.3 Å². The zero-order valence-electron chi connectivity index (χ0n) is 18.4. The van der Waals surface area contributed by atoms with Crippen LogP contribution in [-0.2, 0) is 6.54 Å². The van der Waals surface area contributed by atoms with Crippen molar-refractivity contribution in [3.63, 3.8) is 0 Å². The first-order chi connectivity index (χ1) is 15.5. The molecule has 0 bridgehead atoms. The summed E-state index contributed by atoms with van der Waals surface area (Å²) in [6.07, 6.45) is 0. The summed E-state index contributed by atoms with van der Waals surface area (Å²) in [7, 11) is 0. The predicted octanol–water partition coefficient (Wildman–Crippen LogP) is 4.52. The van der Waals surface area contributed by atoms with Gasteiger partial charge in [-0.3, -0.25) is 9.69 Å². The van der Waals surface area contributed by atoms with E-state index in [9.17, 15) is 9.59 Å². The highest BCUT2D eigenvalue weighted by atomic mass is 16.4. The molecule has 0 unspecified atom stereocenters. The zero-order valence-corrected chi connectivity index (χ0v) is 18.4. The molecule has 0 radical (unpaired) electrons. The van der Waals surface area contributed by atoms with Gasteiger partial charge in [-0.15, -0.1) is 0 Å². The Hall–Kier alpha value is -3.44. The van der Waals surface area contributed by atoms with Gasteiger partial charge in [0.25, 0.3) is 5.91 Å². The van der Waals surface area contributed by atoms with E-state index in [0.717, 1.165) is 51.5 Å². The van der Waals surface area contributed by atoms with Crippen LogP contribution in [0.2, 0.25) is 0 Å². The average molecular weight is 427 g/mol. The van der Waals surface area contributed by atoms with Crippen molar-refractivity contribution >= 4 is 27.6 Å². The summed E-state index contributed by atoms with van der Waals surface area (Å²) in [6.45, 7) is 7.54. The van der Waals surface area contributed by atoms with Gasteiger partial charge in [0, 0.05) is 49.7 Å². The zero-order chi connectivity index (χ0) is 22.2. The minimum absolute atomic E-state index is 0.0818. The highest BCUT2D eigenvalue weighted by Gasteiger charge is 2.24. The van der Waals surface area contributed by atoms with Crippen LogP contribution in [0.5, 0.6) is 0 Å². The number of aryl methyl sites for hydroxylation is 2. The number of hydrogen-bond acceptors (Lipinski definition) is 4. The van der Waals surface area contributed by atoms with Gasteiger partial charge in [-0.1, -0.05) is 48.5 Å². The molecule has 32 heavy (non-hydrogen) atoms. The molecule has 1 aromatic heterocycles. The van der Waals surface area contributed by atoms with Gasteiger partial charge in [0.15, 0.2) is 0 Å². The van der Waals surface area contributed by atoms with Crippen LogP contribution in [0.4, 0.5) is 0 Å². The van der Waals surface area contributed by atoms with Crippen LogP contribution in [0.25, 0.3) is 21.7 Å². The van der Waals surface area contributed by atoms with E-state index in [1.54, 1.807) is 6.07 Å². The molecule has 0 N–H and O–H groups in total. The molecule has 1 saturated heterocycles. The fourth-order valence-electron chi connectivity index (χ4n) is 4.59. The van der Waals surface area contributed by atoms with Gasteiger partial charge in [-0.25, -0.2) is 4.79 Å². The van der Waals surface area contributed by atoms with Gasteiger partial charge < -0.3 is 9.32 Å². The summed E-state index contributed by atoms with van der Waals surface area (Å²) >= 11 is 0. The number of nitrogens with zero attached hydrogens (tertiary/aromatic N) is 2. The summed E-state index contributed by atoms with van der Waals surface area (Å²) in [5, 5.41) is 3.06. The topological polar surface area (TPSA) is 53.8 Å². The van der Waals surface area contributed by atoms with Gasteiger partial charge in [0.2, 0.25) is 0 Å². The number of carbonyl (C=O) groups excluding carboxylic acids is 1. The molecule has 1 fully saturated rings.